The Morgan fingerprint density at radius 1 is 1.18 bits per heavy atom. The quantitative estimate of drug-likeness (QED) is 0.463. The molecule has 2 rings (SSSR count). The van der Waals surface area contributed by atoms with E-state index in [-0.39, 0.29) is 19.1 Å². The van der Waals surface area contributed by atoms with Crippen LogP contribution in [0.25, 0.3) is 0 Å². The summed E-state index contributed by atoms with van der Waals surface area (Å²) in [6.07, 6.45) is 1.04. The Morgan fingerprint density at radius 3 is 2.45 bits per heavy atom. The van der Waals surface area contributed by atoms with Gasteiger partial charge in [-0.3, -0.25) is 14.9 Å². The molecule has 0 aliphatic rings. The minimum Gasteiger partial charge on any atom is -0.497 e. The summed E-state index contributed by atoms with van der Waals surface area (Å²) in [6, 6.07) is 6.90. The molecule has 0 aliphatic heterocycles. The predicted octanol–water partition coefficient (Wildman–Crippen LogP) is 1.14. The van der Waals surface area contributed by atoms with Crippen molar-refractivity contribution >= 4 is 5.69 Å². The van der Waals surface area contributed by atoms with Crippen molar-refractivity contribution in [3.8, 4) is 17.4 Å². The summed E-state index contributed by atoms with van der Waals surface area (Å²) in [4.78, 5) is 27.0. The highest BCUT2D eigenvalue weighted by Crippen LogP contribution is 2.18. The molecule has 0 unspecified atom stereocenters. The molecule has 0 radical (unpaired) electrons. The second kappa shape index (κ2) is 7.07. The van der Waals surface area contributed by atoms with E-state index in [4.69, 9.17) is 14.2 Å². The minimum atomic E-state index is -0.869. The van der Waals surface area contributed by atoms with Gasteiger partial charge in [0, 0.05) is 0 Å². The molecule has 0 fully saturated rings. The van der Waals surface area contributed by atoms with Crippen LogP contribution in [0.4, 0.5) is 5.69 Å². The standard InChI is InChI=1S/C13H13N3O6/c1-20-9-2-4-10(5-3-9)21-6-7-22-13-11(16(18)19)12(17)14-8-15-13/h2-5,8H,6-7H2,1H3,(H,14,15,17). The van der Waals surface area contributed by atoms with Gasteiger partial charge < -0.3 is 19.2 Å². The molecule has 0 bridgehead atoms. The third-order valence-corrected chi connectivity index (χ3v) is 2.63. The van der Waals surface area contributed by atoms with Crippen LogP contribution in [-0.4, -0.2) is 35.2 Å². The van der Waals surface area contributed by atoms with E-state index in [0.29, 0.717) is 11.5 Å². The molecule has 0 saturated carbocycles. The van der Waals surface area contributed by atoms with Crippen molar-refractivity contribution in [2.45, 2.75) is 0 Å². The van der Waals surface area contributed by atoms with Crippen LogP contribution in [0.1, 0.15) is 0 Å². The monoisotopic (exact) mass is 307 g/mol. The van der Waals surface area contributed by atoms with Crippen molar-refractivity contribution in [1.82, 2.24) is 9.97 Å². The van der Waals surface area contributed by atoms with Crippen LogP contribution >= 0.6 is 0 Å². The first-order valence-corrected chi connectivity index (χ1v) is 6.23. The molecule has 116 valence electrons. The normalized spacial score (nSPS) is 10.0. The third-order valence-electron chi connectivity index (χ3n) is 2.63. The number of nitro groups is 1. The van der Waals surface area contributed by atoms with Crippen LogP contribution < -0.4 is 19.8 Å². The molecule has 1 aromatic carbocycles. The number of methoxy groups -OCH3 is 1. The Kier molecular flexibility index (Phi) is 4.91. The van der Waals surface area contributed by atoms with Crippen LogP contribution in [0.3, 0.4) is 0 Å². The van der Waals surface area contributed by atoms with Gasteiger partial charge in [-0.25, -0.2) is 0 Å². The number of nitrogens with one attached hydrogen (secondary N) is 1. The number of hydrogen-bond acceptors (Lipinski definition) is 7. The average molecular weight is 307 g/mol. The Morgan fingerprint density at radius 2 is 1.82 bits per heavy atom. The van der Waals surface area contributed by atoms with Gasteiger partial charge in [0.05, 0.1) is 18.4 Å². The molecule has 1 aromatic heterocycles. The summed E-state index contributed by atoms with van der Waals surface area (Å²) in [5, 5.41) is 10.8. The lowest BCUT2D eigenvalue weighted by Gasteiger charge is -2.08. The van der Waals surface area contributed by atoms with Gasteiger partial charge >= 0.3 is 17.1 Å². The van der Waals surface area contributed by atoms with E-state index in [1.54, 1.807) is 31.4 Å². The van der Waals surface area contributed by atoms with Gasteiger partial charge in [0.1, 0.15) is 24.7 Å². The number of H-pyrrole nitrogens is 1. The van der Waals surface area contributed by atoms with Crippen LogP contribution in [0.5, 0.6) is 17.4 Å². The first kappa shape index (κ1) is 15.3. The number of benzene rings is 1. The fourth-order valence-electron chi connectivity index (χ4n) is 1.61. The summed E-state index contributed by atoms with van der Waals surface area (Å²) in [7, 11) is 1.56. The molecule has 1 N–H and O–H groups in total. The summed E-state index contributed by atoms with van der Waals surface area (Å²) in [5.74, 6) is 0.955. The number of hydrogen-bond donors (Lipinski definition) is 1. The average Bonchev–Trinajstić information content (AvgIpc) is 2.52. The Balaban J connectivity index is 1.90. The lowest BCUT2D eigenvalue weighted by Crippen LogP contribution is -2.16. The van der Waals surface area contributed by atoms with E-state index in [1.165, 1.54) is 0 Å². The number of ether oxygens (including phenoxy) is 3. The fourth-order valence-corrected chi connectivity index (χ4v) is 1.61. The van der Waals surface area contributed by atoms with Crippen molar-refractivity contribution in [2.24, 2.45) is 0 Å². The molecule has 1 heterocycles. The van der Waals surface area contributed by atoms with Crippen LogP contribution in [-0.2, 0) is 0 Å². The number of aromatic amines is 1. The van der Waals surface area contributed by atoms with E-state index in [1.807, 2.05) is 0 Å². The van der Waals surface area contributed by atoms with Gasteiger partial charge in [-0.05, 0) is 24.3 Å². The molecule has 0 spiro atoms. The molecule has 0 atom stereocenters. The number of rotatable bonds is 7. The van der Waals surface area contributed by atoms with Gasteiger partial charge in [0.2, 0.25) is 0 Å². The van der Waals surface area contributed by atoms with Crippen molar-refractivity contribution in [2.75, 3.05) is 20.3 Å². The largest absolute Gasteiger partial charge is 0.497 e. The smallest absolute Gasteiger partial charge is 0.395 e. The maximum atomic E-state index is 11.3. The zero-order valence-corrected chi connectivity index (χ0v) is 11.6. The van der Waals surface area contributed by atoms with Gasteiger partial charge in [-0.15, -0.1) is 0 Å². The van der Waals surface area contributed by atoms with Crippen LogP contribution in [0.15, 0.2) is 35.4 Å². The molecule has 9 nitrogen and oxygen atoms in total. The highest BCUT2D eigenvalue weighted by molar-refractivity contribution is 5.37. The van der Waals surface area contributed by atoms with Crippen LogP contribution in [0.2, 0.25) is 0 Å². The maximum Gasteiger partial charge on any atom is 0.395 e. The van der Waals surface area contributed by atoms with Crippen molar-refractivity contribution in [3.63, 3.8) is 0 Å². The summed E-state index contributed by atoms with van der Waals surface area (Å²) < 4.78 is 15.5. The molecule has 2 aromatic rings. The van der Waals surface area contributed by atoms with Crippen molar-refractivity contribution in [3.05, 3.63) is 51.1 Å². The Labute approximate surface area is 124 Å². The molecule has 0 saturated heterocycles. The maximum absolute atomic E-state index is 11.3. The SMILES string of the molecule is COc1ccc(OCCOc2nc[nH]c(=O)c2[N+](=O)[O-])cc1. The van der Waals surface area contributed by atoms with Crippen LogP contribution in [0, 0.1) is 10.1 Å². The second-order valence-corrected chi connectivity index (χ2v) is 4.01. The second-order valence-electron chi connectivity index (χ2n) is 4.01. The minimum absolute atomic E-state index is 0.00330. The highest BCUT2D eigenvalue weighted by atomic mass is 16.6. The summed E-state index contributed by atoms with van der Waals surface area (Å²) >= 11 is 0. The molecular weight excluding hydrogens is 294 g/mol. The van der Waals surface area contributed by atoms with Gasteiger partial charge in [0.25, 0.3) is 0 Å². The van der Waals surface area contributed by atoms with E-state index >= 15 is 0 Å². The van der Waals surface area contributed by atoms with Crippen molar-refractivity contribution < 1.29 is 19.1 Å². The predicted molar refractivity (Wildman–Crippen MR) is 75.5 cm³/mol. The Hall–Kier alpha value is -3.10. The molecule has 9 heteroatoms. The van der Waals surface area contributed by atoms with Gasteiger partial charge in [-0.1, -0.05) is 0 Å². The first-order chi connectivity index (χ1) is 10.6. The fraction of sp³-hybridized carbons (Fsp3) is 0.231. The zero-order valence-electron chi connectivity index (χ0n) is 11.6. The molecule has 0 amide bonds. The van der Waals surface area contributed by atoms with E-state index < -0.39 is 16.2 Å². The van der Waals surface area contributed by atoms with Gasteiger partial charge in [0.15, 0.2) is 0 Å². The summed E-state index contributed by atoms with van der Waals surface area (Å²) in [5.41, 5.74) is -1.60. The van der Waals surface area contributed by atoms with E-state index in [2.05, 4.69) is 9.97 Å². The Bertz CT molecular complexity index is 698. The van der Waals surface area contributed by atoms with E-state index in [9.17, 15) is 14.9 Å². The highest BCUT2D eigenvalue weighted by Gasteiger charge is 2.21. The lowest BCUT2D eigenvalue weighted by molar-refractivity contribution is -0.387. The van der Waals surface area contributed by atoms with Gasteiger partial charge in [-0.2, -0.15) is 4.98 Å². The molecular formula is C13H13N3O6. The third kappa shape index (κ3) is 3.72. The first-order valence-electron chi connectivity index (χ1n) is 6.23. The number of aromatic nitrogens is 2. The van der Waals surface area contributed by atoms with E-state index in [0.717, 1.165) is 6.33 Å². The van der Waals surface area contributed by atoms with Crippen molar-refractivity contribution in [1.29, 1.82) is 0 Å². The molecule has 22 heavy (non-hydrogen) atoms. The number of nitrogens with zero attached hydrogens (tertiary/aromatic N) is 2. The topological polar surface area (TPSA) is 117 Å². The molecule has 0 aliphatic carbocycles. The lowest BCUT2D eigenvalue weighted by atomic mass is 10.3. The zero-order chi connectivity index (χ0) is 15.9. The summed E-state index contributed by atoms with van der Waals surface area (Å²) in [6.45, 7) is 0.140.